The molecule has 0 radical (unpaired) electrons. The lowest BCUT2D eigenvalue weighted by atomic mass is 10.1. The Labute approximate surface area is 114 Å². The van der Waals surface area contributed by atoms with Crippen molar-refractivity contribution in [1.82, 2.24) is 4.90 Å². The van der Waals surface area contributed by atoms with Gasteiger partial charge >= 0.3 is 5.97 Å². The van der Waals surface area contributed by atoms with E-state index in [1.54, 1.807) is 18.2 Å². The molecule has 0 aliphatic rings. The Hall–Kier alpha value is -1.75. The number of esters is 1. The number of nitrogens with two attached hydrogens (primary N) is 1. The van der Waals surface area contributed by atoms with E-state index in [-0.39, 0.29) is 5.97 Å². The van der Waals surface area contributed by atoms with Gasteiger partial charge in [0, 0.05) is 13.6 Å². The molecule has 0 unspecified atom stereocenters. The SMILES string of the molecule is COC(=O)c1cccc(N)c1N(C)CCCN(C)C. The van der Waals surface area contributed by atoms with Crippen molar-refractivity contribution < 1.29 is 9.53 Å². The van der Waals surface area contributed by atoms with Gasteiger partial charge in [-0.15, -0.1) is 0 Å². The predicted molar refractivity (Wildman–Crippen MR) is 78.6 cm³/mol. The molecular formula is C14H23N3O2. The van der Waals surface area contributed by atoms with Crippen LogP contribution in [0.4, 0.5) is 11.4 Å². The molecule has 5 nitrogen and oxygen atoms in total. The van der Waals surface area contributed by atoms with Crippen LogP contribution in [-0.2, 0) is 4.74 Å². The zero-order chi connectivity index (χ0) is 14.4. The molecule has 5 heteroatoms. The van der Waals surface area contributed by atoms with Gasteiger partial charge in [0.1, 0.15) is 0 Å². The number of carbonyl (C=O) groups excluding carboxylic acids is 1. The minimum Gasteiger partial charge on any atom is -0.465 e. The molecule has 0 aromatic heterocycles. The number of carbonyl (C=O) groups is 1. The fourth-order valence-corrected chi connectivity index (χ4v) is 2.00. The van der Waals surface area contributed by atoms with Gasteiger partial charge < -0.3 is 20.3 Å². The summed E-state index contributed by atoms with van der Waals surface area (Å²) in [5, 5.41) is 0. The predicted octanol–water partition coefficient (Wildman–Crippen LogP) is 1.44. The van der Waals surface area contributed by atoms with E-state index in [4.69, 9.17) is 10.5 Å². The van der Waals surface area contributed by atoms with Crippen LogP contribution in [0.1, 0.15) is 16.8 Å². The molecule has 0 heterocycles. The van der Waals surface area contributed by atoms with Crippen molar-refractivity contribution in [3.05, 3.63) is 23.8 Å². The van der Waals surface area contributed by atoms with Crippen molar-refractivity contribution in [2.24, 2.45) is 0 Å². The first-order chi connectivity index (χ1) is 8.97. The van der Waals surface area contributed by atoms with Gasteiger partial charge in [0.05, 0.1) is 24.0 Å². The van der Waals surface area contributed by atoms with Gasteiger partial charge in [0.2, 0.25) is 0 Å². The standard InChI is InChI=1S/C14H23N3O2/c1-16(2)9-6-10-17(3)13-11(14(18)19-4)7-5-8-12(13)15/h5,7-8H,6,9-10,15H2,1-4H3. The summed E-state index contributed by atoms with van der Waals surface area (Å²) in [6.45, 7) is 1.82. The van der Waals surface area contributed by atoms with Crippen molar-refractivity contribution in [1.29, 1.82) is 0 Å². The monoisotopic (exact) mass is 265 g/mol. The van der Waals surface area contributed by atoms with Crippen LogP contribution in [0.3, 0.4) is 0 Å². The molecule has 2 N–H and O–H groups in total. The zero-order valence-corrected chi connectivity index (χ0v) is 12.1. The van der Waals surface area contributed by atoms with Gasteiger partial charge in [-0.2, -0.15) is 0 Å². The topological polar surface area (TPSA) is 58.8 Å². The number of para-hydroxylation sites is 1. The first-order valence-electron chi connectivity index (χ1n) is 6.30. The lowest BCUT2D eigenvalue weighted by molar-refractivity contribution is 0.0601. The lowest BCUT2D eigenvalue weighted by Gasteiger charge is -2.24. The normalized spacial score (nSPS) is 10.6. The average molecular weight is 265 g/mol. The fraction of sp³-hybridized carbons (Fsp3) is 0.500. The minimum absolute atomic E-state index is 0.359. The molecule has 0 spiro atoms. The number of hydrogen-bond acceptors (Lipinski definition) is 5. The summed E-state index contributed by atoms with van der Waals surface area (Å²) in [5.41, 5.74) is 7.83. The van der Waals surface area contributed by atoms with Crippen LogP contribution >= 0.6 is 0 Å². The molecule has 0 fully saturated rings. The second-order valence-corrected chi connectivity index (χ2v) is 4.81. The van der Waals surface area contributed by atoms with E-state index in [0.29, 0.717) is 11.3 Å². The van der Waals surface area contributed by atoms with Gasteiger partial charge in [-0.25, -0.2) is 4.79 Å². The van der Waals surface area contributed by atoms with Gasteiger partial charge in [-0.05, 0) is 39.2 Å². The summed E-state index contributed by atoms with van der Waals surface area (Å²) in [7, 11) is 7.39. The van der Waals surface area contributed by atoms with Crippen molar-refractivity contribution in [2.45, 2.75) is 6.42 Å². The molecular weight excluding hydrogens is 242 g/mol. The quantitative estimate of drug-likeness (QED) is 0.623. The maximum Gasteiger partial charge on any atom is 0.340 e. The Morgan fingerprint density at radius 2 is 1.95 bits per heavy atom. The summed E-state index contributed by atoms with van der Waals surface area (Å²) >= 11 is 0. The van der Waals surface area contributed by atoms with Crippen LogP contribution in [-0.4, -0.2) is 52.2 Å². The Kier molecular flexibility index (Phi) is 5.63. The summed E-state index contributed by atoms with van der Waals surface area (Å²) in [4.78, 5) is 15.9. The van der Waals surface area contributed by atoms with Crippen molar-refractivity contribution in [3.8, 4) is 0 Å². The van der Waals surface area contributed by atoms with Gasteiger partial charge in [-0.1, -0.05) is 6.07 Å². The van der Waals surface area contributed by atoms with E-state index in [9.17, 15) is 4.79 Å². The number of ether oxygens (including phenoxy) is 1. The van der Waals surface area contributed by atoms with E-state index >= 15 is 0 Å². The maximum absolute atomic E-state index is 11.8. The third-order valence-electron chi connectivity index (χ3n) is 2.95. The Morgan fingerprint density at radius 1 is 1.26 bits per heavy atom. The second-order valence-electron chi connectivity index (χ2n) is 4.81. The lowest BCUT2D eigenvalue weighted by Crippen LogP contribution is -2.25. The number of nitrogens with zero attached hydrogens (tertiary/aromatic N) is 2. The summed E-state index contributed by atoms with van der Waals surface area (Å²) < 4.78 is 4.80. The van der Waals surface area contributed by atoms with E-state index in [1.807, 2.05) is 26.0 Å². The van der Waals surface area contributed by atoms with Crippen LogP contribution in [0.2, 0.25) is 0 Å². The number of benzene rings is 1. The van der Waals surface area contributed by atoms with Crippen LogP contribution in [0.5, 0.6) is 0 Å². The van der Waals surface area contributed by atoms with E-state index in [0.717, 1.165) is 25.2 Å². The number of rotatable bonds is 6. The summed E-state index contributed by atoms with van der Waals surface area (Å²) in [5.74, 6) is -0.359. The van der Waals surface area contributed by atoms with E-state index < -0.39 is 0 Å². The molecule has 106 valence electrons. The maximum atomic E-state index is 11.8. The van der Waals surface area contributed by atoms with Crippen LogP contribution in [0, 0.1) is 0 Å². The molecule has 1 aromatic carbocycles. The highest BCUT2D eigenvalue weighted by Crippen LogP contribution is 2.27. The molecule has 0 bridgehead atoms. The highest BCUT2D eigenvalue weighted by molar-refractivity contribution is 5.99. The number of nitrogen functional groups attached to an aromatic ring is 1. The van der Waals surface area contributed by atoms with Crippen molar-refractivity contribution in [2.75, 3.05) is 52.0 Å². The third-order valence-corrected chi connectivity index (χ3v) is 2.95. The zero-order valence-electron chi connectivity index (χ0n) is 12.1. The minimum atomic E-state index is -0.359. The Morgan fingerprint density at radius 3 is 2.53 bits per heavy atom. The smallest absolute Gasteiger partial charge is 0.340 e. The molecule has 0 saturated heterocycles. The first-order valence-corrected chi connectivity index (χ1v) is 6.30. The molecule has 0 aliphatic carbocycles. The fourth-order valence-electron chi connectivity index (χ4n) is 2.00. The largest absolute Gasteiger partial charge is 0.465 e. The molecule has 0 saturated carbocycles. The number of methoxy groups -OCH3 is 1. The summed E-state index contributed by atoms with van der Waals surface area (Å²) in [6, 6.07) is 5.29. The van der Waals surface area contributed by atoms with Crippen LogP contribution in [0.25, 0.3) is 0 Å². The molecule has 0 amide bonds. The second kappa shape index (κ2) is 6.99. The highest BCUT2D eigenvalue weighted by atomic mass is 16.5. The van der Waals surface area contributed by atoms with Gasteiger partial charge in [-0.3, -0.25) is 0 Å². The number of hydrogen-bond donors (Lipinski definition) is 1. The first kappa shape index (κ1) is 15.3. The molecule has 19 heavy (non-hydrogen) atoms. The van der Waals surface area contributed by atoms with Gasteiger partial charge in [0.15, 0.2) is 0 Å². The Bertz CT molecular complexity index is 433. The van der Waals surface area contributed by atoms with E-state index in [1.165, 1.54) is 7.11 Å². The highest BCUT2D eigenvalue weighted by Gasteiger charge is 2.17. The van der Waals surface area contributed by atoms with Gasteiger partial charge in [0.25, 0.3) is 0 Å². The van der Waals surface area contributed by atoms with E-state index in [2.05, 4.69) is 4.90 Å². The Balaban J connectivity index is 2.88. The van der Waals surface area contributed by atoms with Crippen LogP contribution < -0.4 is 10.6 Å². The molecule has 0 atom stereocenters. The van der Waals surface area contributed by atoms with Crippen LogP contribution in [0.15, 0.2) is 18.2 Å². The molecule has 1 rings (SSSR count). The molecule has 1 aromatic rings. The number of anilines is 2. The average Bonchev–Trinajstić information content (AvgIpc) is 2.36. The van der Waals surface area contributed by atoms with Crippen molar-refractivity contribution >= 4 is 17.3 Å². The van der Waals surface area contributed by atoms with Crippen molar-refractivity contribution in [3.63, 3.8) is 0 Å². The summed E-state index contributed by atoms with van der Waals surface area (Å²) in [6.07, 6.45) is 0.998. The molecule has 0 aliphatic heterocycles. The third kappa shape index (κ3) is 4.13.